The summed E-state index contributed by atoms with van der Waals surface area (Å²) in [5.41, 5.74) is 9.39. The summed E-state index contributed by atoms with van der Waals surface area (Å²) in [5.74, 6) is 0.512. The number of aryl methyl sites for hydroxylation is 2. The number of nitrogens with zero attached hydrogens (tertiary/aromatic N) is 1. The summed E-state index contributed by atoms with van der Waals surface area (Å²) in [7, 11) is 0. The molecule has 0 aliphatic rings. The first kappa shape index (κ1) is 15.3. The van der Waals surface area contributed by atoms with E-state index in [2.05, 4.69) is 10.3 Å². The molecule has 23 heavy (non-hydrogen) atoms. The number of thiazole rings is 1. The minimum atomic E-state index is -0.207. The van der Waals surface area contributed by atoms with Gasteiger partial charge in [0, 0.05) is 5.69 Å². The van der Waals surface area contributed by atoms with Gasteiger partial charge < -0.3 is 15.8 Å². The second-order valence-corrected chi connectivity index (χ2v) is 6.40. The summed E-state index contributed by atoms with van der Waals surface area (Å²) in [4.78, 5) is 16.2. The molecule has 0 unspecified atom stereocenters. The van der Waals surface area contributed by atoms with Crippen LogP contribution in [0.25, 0.3) is 10.2 Å². The number of carbonyl (C=O) groups excluding carboxylic acids is 1. The Labute approximate surface area is 138 Å². The Morgan fingerprint density at radius 1 is 1.26 bits per heavy atom. The van der Waals surface area contributed by atoms with Crippen molar-refractivity contribution in [3.8, 4) is 5.75 Å². The highest BCUT2D eigenvalue weighted by Crippen LogP contribution is 2.26. The van der Waals surface area contributed by atoms with Crippen molar-refractivity contribution in [2.24, 2.45) is 0 Å². The summed E-state index contributed by atoms with van der Waals surface area (Å²) in [6.07, 6.45) is 0. The molecule has 3 rings (SSSR count). The fourth-order valence-electron chi connectivity index (χ4n) is 2.32. The summed E-state index contributed by atoms with van der Waals surface area (Å²) < 4.78 is 6.52. The zero-order chi connectivity index (χ0) is 16.4. The average Bonchev–Trinajstić information content (AvgIpc) is 2.85. The van der Waals surface area contributed by atoms with Crippen molar-refractivity contribution in [1.29, 1.82) is 0 Å². The Bertz CT molecular complexity index is 873. The van der Waals surface area contributed by atoms with Crippen LogP contribution in [-0.4, -0.2) is 17.5 Å². The van der Waals surface area contributed by atoms with Crippen molar-refractivity contribution in [2.75, 3.05) is 17.7 Å². The van der Waals surface area contributed by atoms with Crippen molar-refractivity contribution in [1.82, 2.24) is 4.98 Å². The van der Waals surface area contributed by atoms with E-state index in [1.165, 1.54) is 11.3 Å². The van der Waals surface area contributed by atoms with Gasteiger partial charge in [-0.3, -0.25) is 4.79 Å². The van der Waals surface area contributed by atoms with E-state index in [1.807, 2.05) is 44.2 Å². The normalized spacial score (nSPS) is 10.7. The molecule has 6 heteroatoms. The molecule has 118 valence electrons. The van der Waals surface area contributed by atoms with Crippen molar-refractivity contribution >= 4 is 38.3 Å². The molecule has 0 aliphatic heterocycles. The van der Waals surface area contributed by atoms with E-state index in [9.17, 15) is 4.79 Å². The molecular formula is C17H17N3O2S. The van der Waals surface area contributed by atoms with Crippen LogP contribution >= 0.6 is 11.3 Å². The molecule has 1 amide bonds. The topological polar surface area (TPSA) is 77.2 Å². The van der Waals surface area contributed by atoms with Gasteiger partial charge in [0.05, 0.1) is 10.2 Å². The molecule has 0 radical (unpaired) electrons. The Morgan fingerprint density at radius 2 is 2.09 bits per heavy atom. The van der Waals surface area contributed by atoms with Crippen LogP contribution in [0.3, 0.4) is 0 Å². The molecule has 5 nitrogen and oxygen atoms in total. The van der Waals surface area contributed by atoms with Gasteiger partial charge in [0.25, 0.3) is 5.91 Å². The second-order valence-electron chi connectivity index (χ2n) is 5.34. The summed E-state index contributed by atoms with van der Waals surface area (Å²) in [6.45, 7) is 3.95. The summed E-state index contributed by atoms with van der Waals surface area (Å²) >= 11 is 1.39. The third kappa shape index (κ3) is 3.60. The number of amides is 1. The van der Waals surface area contributed by atoms with E-state index in [0.717, 1.165) is 27.1 Å². The molecule has 2 aromatic carbocycles. The predicted molar refractivity (Wildman–Crippen MR) is 94.1 cm³/mol. The maximum atomic E-state index is 12.0. The van der Waals surface area contributed by atoms with E-state index >= 15 is 0 Å². The average molecular weight is 327 g/mol. The number of nitrogens with one attached hydrogen (secondary N) is 1. The van der Waals surface area contributed by atoms with Gasteiger partial charge in [0.15, 0.2) is 11.7 Å². The summed E-state index contributed by atoms with van der Waals surface area (Å²) in [5, 5.41) is 3.33. The van der Waals surface area contributed by atoms with Crippen LogP contribution in [0.2, 0.25) is 0 Å². The first-order valence-electron chi connectivity index (χ1n) is 7.17. The molecule has 1 heterocycles. The molecule has 0 spiro atoms. The van der Waals surface area contributed by atoms with Crippen LogP contribution in [0.4, 0.5) is 10.8 Å². The van der Waals surface area contributed by atoms with Crippen LogP contribution < -0.4 is 15.8 Å². The Balaban J connectivity index is 1.63. The van der Waals surface area contributed by atoms with Crippen LogP contribution in [0.5, 0.6) is 5.75 Å². The van der Waals surface area contributed by atoms with Crippen molar-refractivity contribution in [2.45, 2.75) is 13.8 Å². The molecule has 3 aromatic rings. The minimum absolute atomic E-state index is 0.0350. The molecule has 0 saturated heterocycles. The second kappa shape index (κ2) is 6.26. The van der Waals surface area contributed by atoms with Gasteiger partial charge in [0.2, 0.25) is 0 Å². The van der Waals surface area contributed by atoms with E-state index in [1.54, 1.807) is 6.07 Å². The lowest BCUT2D eigenvalue weighted by Gasteiger charge is -2.10. The Morgan fingerprint density at radius 3 is 2.87 bits per heavy atom. The van der Waals surface area contributed by atoms with Crippen LogP contribution in [0.15, 0.2) is 36.4 Å². The number of carbonyl (C=O) groups is 1. The maximum absolute atomic E-state index is 12.0. The largest absolute Gasteiger partial charge is 0.483 e. The lowest BCUT2D eigenvalue weighted by Crippen LogP contribution is -2.20. The van der Waals surface area contributed by atoms with E-state index in [0.29, 0.717) is 10.8 Å². The van der Waals surface area contributed by atoms with Crippen LogP contribution in [0, 0.1) is 13.8 Å². The third-order valence-electron chi connectivity index (χ3n) is 3.38. The highest BCUT2D eigenvalue weighted by Gasteiger charge is 2.07. The lowest BCUT2D eigenvalue weighted by molar-refractivity contribution is -0.118. The highest BCUT2D eigenvalue weighted by atomic mass is 32.1. The van der Waals surface area contributed by atoms with Gasteiger partial charge in [-0.1, -0.05) is 29.0 Å². The molecule has 0 bridgehead atoms. The van der Waals surface area contributed by atoms with Crippen molar-refractivity contribution in [3.05, 3.63) is 47.5 Å². The first-order chi connectivity index (χ1) is 11.0. The number of ether oxygens (including phenoxy) is 1. The summed E-state index contributed by atoms with van der Waals surface area (Å²) in [6, 6.07) is 11.4. The van der Waals surface area contributed by atoms with E-state index < -0.39 is 0 Å². The lowest BCUT2D eigenvalue weighted by atomic mass is 10.1. The van der Waals surface area contributed by atoms with Crippen LogP contribution in [-0.2, 0) is 4.79 Å². The fraction of sp³-hybridized carbons (Fsp3) is 0.176. The van der Waals surface area contributed by atoms with E-state index in [4.69, 9.17) is 10.5 Å². The predicted octanol–water partition coefficient (Wildman–Crippen LogP) is 3.51. The van der Waals surface area contributed by atoms with Crippen molar-refractivity contribution < 1.29 is 9.53 Å². The SMILES string of the molecule is Cc1ccc(OCC(=O)Nc2ccc3nc(N)sc3c2)c(C)c1. The third-order valence-corrected chi connectivity index (χ3v) is 4.23. The minimum Gasteiger partial charge on any atom is -0.483 e. The molecule has 0 aliphatic carbocycles. The number of anilines is 2. The zero-order valence-corrected chi connectivity index (χ0v) is 13.7. The zero-order valence-electron chi connectivity index (χ0n) is 12.9. The van der Waals surface area contributed by atoms with Gasteiger partial charge in [-0.25, -0.2) is 4.98 Å². The number of hydrogen-bond acceptors (Lipinski definition) is 5. The van der Waals surface area contributed by atoms with Crippen molar-refractivity contribution in [3.63, 3.8) is 0 Å². The van der Waals surface area contributed by atoms with Gasteiger partial charge in [-0.2, -0.15) is 0 Å². The highest BCUT2D eigenvalue weighted by molar-refractivity contribution is 7.22. The Hall–Kier alpha value is -2.60. The number of nitrogens with two attached hydrogens (primary N) is 1. The number of fused-ring (bicyclic) bond motifs is 1. The molecule has 0 saturated carbocycles. The molecule has 3 N–H and O–H groups in total. The standard InChI is InChI=1S/C17H17N3O2S/c1-10-3-6-14(11(2)7-10)22-9-16(21)19-12-4-5-13-15(8-12)23-17(18)20-13/h3-8H,9H2,1-2H3,(H2,18,20)(H,19,21). The maximum Gasteiger partial charge on any atom is 0.262 e. The Kier molecular flexibility index (Phi) is 4.16. The number of nitrogen functional groups attached to an aromatic ring is 1. The first-order valence-corrected chi connectivity index (χ1v) is 7.99. The van der Waals surface area contributed by atoms with E-state index in [-0.39, 0.29) is 12.5 Å². The van der Waals surface area contributed by atoms with Crippen LogP contribution in [0.1, 0.15) is 11.1 Å². The van der Waals surface area contributed by atoms with Gasteiger partial charge >= 0.3 is 0 Å². The van der Waals surface area contributed by atoms with Gasteiger partial charge in [-0.15, -0.1) is 0 Å². The molecule has 0 atom stereocenters. The molecular weight excluding hydrogens is 310 g/mol. The monoisotopic (exact) mass is 327 g/mol. The molecule has 0 fully saturated rings. The quantitative estimate of drug-likeness (QED) is 0.769. The molecule has 1 aromatic heterocycles. The smallest absolute Gasteiger partial charge is 0.262 e. The number of aromatic nitrogens is 1. The number of benzene rings is 2. The number of rotatable bonds is 4. The number of hydrogen-bond donors (Lipinski definition) is 2. The fourth-order valence-corrected chi connectivity index (χ4v) is 3.10. The van der Waals surface area contributed by atoms with Gasteiger partial charge in [-0.05, 0) is 43.7 Å². The van der Waals surface area contributed by atoms with Gasteiger partial charge in [0.1, 0.15) is 5.75 Å².